The number of pyridine rings is 1. The number of carbonyl (C=O) groups excluding carboxylic acids is 2. The SMILES string of the molecule is CC1C=C(n2c(C(=O)N(C)C)cc3cnc(Nc4ccc(N5CC6CCC(CC5=O)N6)cn4)nc32)C=CC1C(C)(C)C. The molecule has 42 heavy (non-hydrogen) atoms. The van der Waals surface area contributed by atoms with Crippen LogP contribution in [0, 0.1) is 17.3 Å². The van der Waals surface area contributed by atoms with Crippen LogP contribution in [0.3, 0.4) is 0 Å². The first-order valence-corrected chi connectivity index (χ1v) is 14.8. The van der Waals surface area contributed by atoms with Crippen LogP contribution in [-0.2, 0) is 4.79 Å². The van der Waals surface area contributed by atoms with E-state index in [2.05, 4.69) is 66.5 Å². The zero-order chi connectivity index (χ0) is 29.8. The zero-order valence-corrected chi connectivity index (χ0v) is 25.3. The van der Waals surface area contributed by atoms with Crippen LogP contribution in [-0.4, -0.2) is 69.0 Å². The largest absolute Gasteiger partial charge is 0.343 e. The minimum Gasteiger partial charge on any atom is -0.343 e. The molecule has 0 aromatic carbocycles. The number of fused-ring (bicyclic) bond motifs is 3. The summed E-state index contributed by atoms with van der Waals surface area (Å²) in [5.74, 6) is 1.64. The number of amides is 2. The maximum absolute atomic E-state index is 13.3. The fraction of sp³-hybridized carbons (Fsp3) is 0.469. The smallest absolute Gasteiger partial charge is 0.270 e. The van der Waals surface area contributed by atoms with Crippen LogP contribution in [0.25, 0.3) is 16.7 Å². The average molecular weight is 569 g/mol. The summed E-state index contributed by atoms with van der Waals surface area (Å²) in [7, 11) is 3.50. The van der Waals surface area contributed by atoms with Gasteiger partial charge in [0.25, 0.3) is 5.91 Å². The average Bonchev–Trinajstić information content (AvgIpc) is 3.50. The van der Waals surface area contributed by atoms with E-state index < -0.39 is 0 Å². The van der Waals surface area contributed by atoms with Crippen molar-refractivity contribution < 1.29 is 9.59 Å². The molecule has 3 aromatic heterocycles. The number of carbonyl (C=O) groups is 2. The Hall–Kier alpha value is -4.05. The Morgan fingerprint density at radius 3 is 2.60 bits per heavy atom. The number of nitrogens with zero attached hydrogens (tertiary/aromatic N) is 6. The highest BCUT2D eigenvalue weighted by molar-refractivity contribution is 6.00. The van der Waals surface area contributed by atoms with Crippen molar-refractivity contribution in [3.05, 3.63) is 54.5 Å². The van der Waals surface area contributed by atoms with E-state index in [0.717, 1.165) is 29.6 Å². The topological polar surface area (TPSA) is 108 Å². The number of anilines is 3. The Balaban J connectivity index is 1.30. The molecule has 220 valence electrons. The molecule has 3 aromatic rings. The van der Waals surface area contributed by atoms with Crippen molar-refractivity contribution >= 4 is 46.0 Å². The first kappa shape index (κ1) is 28.1. The minimum atomic E-state index is -0.105. The Morgan fingerprint density at radius 2 is 1.90 bits per heavy atom. The van der Waals surface area contributed by atoms with Gasteiger partial charge in [0, 0.05) is 56.4 Å². The van der Waals surface area contributed by atoms with E-state index in [-0.39, 0.29) is 29.2 Å². The van der Waals surface area contributed by atoms with Gasteiger partial charge in [-0.25, -0.2) is 9.97 Å². The Kier molecular flexibility index (Phi) is 7.12. The summed E-state index contributed by atoms with van der Waals surface area (Å²) >= 11 is 0. The van der Waals surface area contributed by atoms with Gasteiger partial charge < -0.3 is 20.4 Å². The molecule has 10 heteroatoms. The second-order valence-electron chi connectivity index (χ2n) is 13.1. The molecule has 1 aliphatic carbocycles. The van der Waals surface area contributed by atoms with Crippen LogP contribution >= 0.6 is 0 Å². The van der Waals surface area contributed by atoms with E-state index in [1.165, 1.54) is 0 Å². The van der Waals surface area contributed by atoms with Crippen molar-refractivity contribution in [3.63, 3.8) is 0 Å². The van der Waals surface area contributed by atoms with Gasteiger partial charge in [0.15, 0.2) is 5.65 Å². The Bertz CT molecular complexity index is 1580. The predicted molar refractivity (Wildman–Crippen MR) is 166 cm³/mol. The van der Waals surface area contributed by atoms with E-state index in [9.17, 15) is 9.59 Å². The number of nitrogens with one attached hydrogen (secondary N) is 2. The molecule has 3 aliphatic rings. The van der Waals surface area contributed by atoms with Gasteiger partial charge in [0.1, 0.15) is 11.5 Å². The first-order chi connectivity index (χ1) is 20.0. The van der Waals surface area contributed by atoms with Gasteiger partial charge in [-0.3, -0.25) is 14.2 Å². The van der Waals surface area contributed by atoms with E-state index in [0.29, 0.717) is 48.0 Å². The molecule has 5 heterocycles. The first-order valence-electron chi connectivity index (χ1n) is 14.8. The van der Waals surface area contributed by atoms with E-state index in [4.69, 9.17) is 4.98 Å². The molecule has 2 amide bonds. The molecule has 0 saturated carbocycles. The van der Waals surface area contributed by atoms with Crippen LogP contribution < -0.4 is 15.5 Å². The van der Waals surface area contributed by atoms with Crippen LogP contribution in [0.1, 0.15) is 57.4 Å². The lowest BCUT2D eigenvalue weighted by Crippen LogP contribution is -2.37. The summed E-state index contributed by atoms with van der Waals surface area (Å²) < 4.78 is 1.93. The number of hydrogen-bond acceptors (Lipinski definition) is 7. The molecule has 0 radical (unpaired) electrons. The highest BCUT2D eigenvalue weighted by Crippen LogP contribution is 2.39. The maximum Gasteiger partial charge on any atom is 0.270 e. The van der Waals surface area contributed by atoms with Crippen molar-refractivity contribution in [3.8, 4) is 0 Å². The van der Waals surface area contributed by atoms with Gasteiger partial charge in [-0.1, -0.05) is 39.8 Å². The summed E-state index contributed by atoms with van der Waals surface area (Å²) in [6.45, 7) is 9.63. The van der Waals surface area contributed by atoms with Crippen molar-refractivity contribution in [2.24, 2.45) is 17.3 Å². The number of hydrogen-bond donors (Lipinski definition) is 2. The highest BCUT2D eigenvalue weighted by atomic mass is 16.2. The van der Waals surface area contributed by atoms with Gasteiger partial charge in [-0.2, -0.15) is 4.98 Å². The third kappa shape index (κ3) is 5.31. The second-order valence-corrected chi connectivity index (χ2v) is 13.1. The fourth-order valence-corrected chi connectivity index (χ4v) is 6.56. The molecule has 2 bridgehead atoms. The van der Waals surface area contributed by atoms with Crippen LogP contribution in [0.4, 0.5) is 17.5 Å². The molecule has 0 spiro atoms. The molecular formula is C32H40N8O2. The standard InChI is InChI=1S/C32H40N8O2/c1-19-13-23(9-11-25(19)32(2,3)4)40-26(30(42)38(5)6)14-20-16-34-31(37-29(20)40)36-27-12-10-24(17-33-27)39-18-22-8-7-21(35-22)15-28(39)41/h9-14,16-17,19,21-22,25,35H,7-8,15,18H2,1-6H3,(H,33,34,36,37). The Labute approximate surface area is 246 Å². The molecule has 6 rings (SSSR count). The molecule has 4 unspecified atom stereocenters. The number of rotatable bonds is 5. The summed E-state index contributed by atoms with van der Waals surface area (Å²) in [5.41, 5.74) is 3.00. The monoisotopic (exact) mass is 568 g/mol. The van der Waals surface area contributed by atoms with Gasteiger partial charge in [-0.15, -0.1) is 0 Å². The van der Waals surface area contributed by atoms with Crippen LogP contribution in [0.2, 0.25) is 0 Å². The van der Waals surface area contributed by atoms with E-state index in [1.807, 2.05) is 27.7 Å². The van der Waals surface area contributed by atoms with E-state index >= 15 is 0 Å². The number of aromatic nitrogens is 4. The third-order valence-electron chi connectivity index (χ3n) is 8.66. The molecule has 2 N–H and O–H groups in total. The molecule has 10 nitrogen and oxygen atoms in total. The lowest BCUT2D eigenvalue weighted by Gasteiger charge is -2.34. The normalized spacial score (nSPS) is 24.1. The molecule has 2 aliphatic heterocycles. The fourth-order valence-electron chi connectivity index (χ4n) is 6.56. The molecule has 4 atom stereocenters. The third-order valence-corrected chi connectivity index (χ3v) is 8.66. The summed E-state index contributed by atoms with van der Waals surface area (Å²) in [6, 6.07) is 6.21. The van der Waals surface area contributed by atoms with E-state index in [1.54, 1.807) is 31.4 Å². The zero-order valence-electron chi connectivity index (χ0n) is 25.3. The summed E-state index contributed by atoms with van der Waals surface area (Å²) in [6.07, 6.45) is 12.7. The van der Waals surface area contributed by atoms with Crippen LogP contribution in [0.15, 0.2) is 48.8 Å². The van der Waals surface area contributed by atoms with Crippen LogP contribution in [0.5, 0.6) is 0 Å². The lowest BCUT2D eigenvalue weighted by molar-refractivity contribution is -0.118. The number of allylic oxidation sites excluding steroid dienone is 4. The predicted octanol–water partition coefficient (Wildman–Crippen LogP) is 4.84. The van der Waals surface area contributed by atoms with Crippen molar-refractivity contribution in [2.45, 2.75) is 59.0 Å². The van der Waals surface area contributed by atoms with Crippen molar-refractivity contribution in [1.82, 2.24) is 29.7 Å². The molecule has 2 saturated heterocycles. The van der Waals surface area contributed by atoms with Gasteiger partial charge in [0.05, 0.1) is 11.9 Å². The lowest BCUT2D eigenvalue weighted by atomic mass is 9.72. The molecular weight excluding hydrogens is 528 g/mol. The van der Waals surface area contributed by atoms with Gasteiger partial charge in [-0.05, 0) is 54.4 Å². The van der Waals surface area contributed by atoms with Gasteiger partial charge >= 0.3 is 0 Å². The maximum atomic E-state index is 13.3. The summed E-state index contributed by atoms with van der Waals surface area (Å²) in [4.78, 5) is 43.4. The second kappa shape index (κ2) is 10.7. The summed E-state index contributed by atoms with van der Waals surface area (Å²) in [5, 5.41) is 7.53. The quantitative estimate of drug-likeness (QED) is 0.454. The van der Waals surface area contributed by atoms with Crippen molar-refractivity contribution in [1.29, 1.82) is 0 Å². The highest BCUT2D eigenvalue weighted by Gasteiger charge is 2.34. The van der Waals surface area contributed by atoms with Crippen molar-refractivity contribution in [2.75, 3.05) is 30.9 Å². The van der Waals surface area contributed by atoms with Gasteiger partial charge in [0.2, 0.25) is 11.9 Å². The molecule has 2 fully saturated rings. The Morgan fingerprint density at radius 1 is 1.12 bits per heavy atom. The minimum absolute atomic E-state index is 0.105.